The number of aryl methyl sites for hydroxylation is 1. The van der Waals surface area contributed by atoms with Crippen LogP contribution in [0.25, 0.3) is 10.9 Å². The number of fused-ring (bicyclic) bond motifs is 1. The summed E-state index contributed by atoms with van der Waals surface area (Å²) in [5.74, 6) is 0.854. The molecule has 4 rings (SSSR count). The predicted octanol–water partition coefficient (Wildman–Crippen LogP) is 4.68. The van der Waals surface area contributed by atoms with Crippen LogP contribution in [-0.2, 0) is 9.47 Å². The maximum atomic E-state index is 6.57. The molecular weight excluding hydrogens is 350 g/mol. The Morgan fingerprint density at radius 3 is 2.61 bits per heavy atom. The highest BCUT2D eigenvalue weighted by Crippen LogP contribution is 2.30. The molecule has 0 aliphatic carbocycles. The Morgan fingerprint density at radius 2 is 1.82 bits per heavy atom. The summed E-state index contributed by atoms with van der Waals surface area (Å²) < 4.78 is 12.1. The Bertz CT molecular complexity index is 905. The van der Waals surface area contributed by atoms with Gasteiger partial charge in [-0.05, 0) is 43.9 Å². The number of nitrogens with one attached hydrogen (secondary N) is 1. The standard InChI is InChI=1S/C23H27N3O2/c1-16-7-6-10-20-21(16)23(25-15-24-20)26-17(2)22(18-8-4-3-5-9-18)28-19-11-13-27-14-12-19/h3-10,15,17,19,22H,11-14H2,1-2H3,(H,24,25,26). The molecule has 0 spiro atoms. The quantitative estimate of drug-likeness (QED) is 0.676. The van der Waals surface area contributed by atoms with E-state index in [4.69, 9.17) is 9.47 Å². The second kappa shape index (κ2) is 8.67. The molecule has 1 aliphatic rings. The van der Waals surface area contributed by atoms with Gasteiger partial charge < -0.3 is 14.8 Å². The summed E-state index contributed by atoms with van der Waals surface area (Å²) in [6.07, 6.45) is 3.63. The summed E-state index contributed by atoms with van der Waals surface area (Å²) in [4.78, 5) is 8.94. The number of hydrogen-bond acceptors (Lipinski definition) is 5. The average molecular weight is 377 g/mol. The Kier molecular flexibility index (Phi) is 5.84. The van der Waals surface area contributed by atoms with E-state index in [0.29, 0.717) is 0 Å². The minimum Gasteiger partial charge on any atom is -0.381 e. The highest BCUT2D eigenvalue weighted by Gasteiger charge is 2.26. The molecule has 28 heavy (non-hydrogen) atoms. The largest absolute Gasteiger partial charge is 0.381 e. The van der Waals surface area contributed by atoms with Gasteiger partial charge in [-0.3, -0.25) is 0 Å². The fourth-order valence-electron chi connectivity index (χ4n) is 3.83. The summed E-state index contributed by atoms with van der Waals surface area (Å²) in [6.45, 7) is 5.78. The van der Waals surface area contributed by atoms with Gasteiger partial charge in [0.1, 0.15) is 18.2 Å². The molecule has 2 aromatic carbocycles. The van der Waals surface area contributed by atoms with E-state index >= 15 is 0 Å². The number of anilines is 1. The van der Waals surface area contributed by atoms with Gasteiger partial charge in [0.05, 0.1) is 17.7 Å². The number of hydrogen-bond donors (Lipinski definition) is 1. The van der Waals surface area contributed by atoms with Gasteiger partial charge in [-0.2, -0.15) is 0 Å². The Labute approximate surface area is 166 Å². The average Bonchev–Trinajstić information content (AvgIpc) is 2.73. The zero-order chi connectivity index (χ0) is 19.3. The van der Waals surface area contributed by atoms with Crippen LogP contribution in [0, 0.1) is 6.92 Å². The van der Waals surface area contributed by atoms with Gasteiger partial charge in [0.2, 0.25) is 0 Å². The van der Waals surface area contributed by atoms with E-state index in [-0.39, 0.29) is 18.2 Å². The molecule has 1 fully saturated rings. The van der Waals surface area contributed by atoms with Gasteiger partial charge in [-0.25, -0.2) is 9.97 Å². The maximum Gasteiger partial charge on any atom is 0.137 e. The number of benzene rings is 2. The maximum absolute atomic E-state index is 6.57. The minimum atomic E-state index is -0.0710. The van der Waals surface area contributed by atoms with Gasteiger partial charge >= 0.3 is 0 Å². The topological polar surface area (TPSA) is 56.3 Å². The number of ether oxygens (including phenoxy) is 2. The lowest BCUT2D eigenvalue weighted by Gasteiger charge is -2.32. The first-order chi connectivity index (χ1) is 13.7. The lowest BCUT2D eigenvalue weighted by molar-refractivity contribution is -0.0738. The van der Waals surface area contributed by atoms with Crippen LogP contribution in [-0.4, -0.2) is 35.3 Å². The Morgan fingerprint density at radius 1 is 1.04 bits per heavy atom. The monoisotopic (exact) mass is 377 g/mol. The zero-order valence-corrected chi connectivity index (χ0v) is 16.5. The molecule has 0 amide bonds. The molecule has 0 radical (unpaired) electrons. The van der Waals surface area contributed by atoms with Crippen LogP contribution in [0.1, 0.15) is 37.0 Å². The Balaban J connectivity index is 1.61. The first kappa shape index (κ1) is 18.8. The van der Waals surface area contributed by atoms with Gasteiger partial charge in [-0.1, -0.05) is 42.5 Å². The fourth-order valence-corrected chi connectivity index (χ4v) is 3.83. The highest BCUT2D eigenvalue weighted by molar-refractivity contribution is 5.91. The van der Waals surface area contributed by atoms with Crippen molar-refractivity contribution >= 4 is 16.7 Å². The SMILES string of the molecule is Cc1cccc2ncnc(NC(C)C(OC3CCOCC3)c3ccccc3)c12. The number of aromatic nitrogens is 2. The van der Waals surface area contributed by atoms with E-state index in [1.807, 2.05) is 18.2 Å². The Hall–Kier alpha value is -2.50. The number of nitrogens with zero attached hydrogens (tertiary/aromatic N) is 2. The molecule has 1 N–H and O–H groups in total. The smallest absolute Gasteiger partial charge is 0.137 e. The van der Waals surface area contributed by atoms with E-state index in [9.17, 15) is 0 Å². The summed E-state index contributed by atoms with van der Waals surface area (Å²) in [5, 5.41) is 4.67. The minimum absolute atomic E-state index is 0.0444. The molecule has 0 bridgehead atoms. The van der Waals surface area contributed by atoms with E-state index in [1.54, 1.807) is 6.33 Å². The van der Waals surface area contributed by atoms with Crippen LogP contribution in [0.15, 0.2) is 54.9 Å². The van der Waals surface area contributed by atoms with Crippen molar-refractivity contribution in [2.45, 2.75) is 44.9 Å². The van der Waals surface area contributed by atoms with Crippen LogP contribution >= 0.6 is 0 Å². The summed E-state index contributed by atoms with van der Waals surface area (Å²) in [7, 11) is 0. The number of rotatable bonds is 6. The van der Waals surface area contributed by atoms with E-state index in [1.165, 1.54) is 5.56 Å². The third-order valence-electron chi connectivity index (χ3n) is 5.33. The molecule has 146 valence electrons. The lowest BCUT2D eigenvalue weighted by atomic mass is 10.0. The molecule has 5 heteroatoms. The first-order valence-electron chi connectivity index (χ1n) is 9.97. The van der Waals surface area contributed by atoms with Crippen molar-refractivity contribution in [1.82, 2.24) is 9.97 Å². The van der Waals surface area contributed by atoms with E-state index < -0.39 is 0 Å². The molecule has 2 heterocycles. The molecule has 1 saturated heterocycles. The second-order valence-electron chi connectivity index (χ2n) is 7.40. The molecule has 0 saturated carbocycles. The summed E-state index contributed by atoms with van der Waals surface area (Å²) >= 11 is 0. The first-order valence-corrected chi connectivity index (χ1v) is 9.97. The molecule has 5 nitrogen and oxygen atoms in total. The zero-order valence-electron chi connectivity index (χ0n) is 16.5. The van der Waals surface area contributed by atoms with Crippen molar-refractivity contribution < 1.29 is 9.47 Å². The van der Waals surface area contributed by atoms with Gasteiger partial charge in [0.15, 0.2) is 0 Å². The van der Waals surface area contributed by atoms with Gasteiger partial charge in [0, 0.05) is 18.6 Å². The van der Waals surface area contributed by atoms with Crippen LogP contribution in [0.2, 0.25) is 0 Å². The third-order valence-corrected chi connectivity index (χ3v) is 5.33. The fraction of sp³-hybridized carbons (Fsp3) is 0.391. The molecular formula is C23H27N3O2. The molecule has 2 atom stereocenters. The van der Waals surface area contributed by atoms with Gasteiger partial charge in [0.25, 0.3) is 0 Å². The van der Waals surface area contributed by atoms with Crippen molar-refractivity contribution in [3.05, 3.63) is 66.0 Å². The van der Waals surface area contributed by atoms with Crippen molar-refractivity contribution in [3.63, 3.8) is 0 Å². The normalized spacial score (nSPS) is 17.4. The van der Waals surface area contributed by atoms with Crippen LogP contribution < -0.4 is 5.32 Å². The van der Waals surface area contributed by atoms with Crippen molar-refractivity contribution in [2.75, 3.05) is 18.5 Å². The molecule has 3 aromatic rings. The predicted molar refractivity (Wildman–Crippen MR) is 111 cm³/mol. The van der Waals surface area contributed by atoms with Crippen LogP contribution in [0.4, 0.5) is 5.82 Å². The van der Waals surface area contributed by atoms with Crippen molar-refractivity contribution in [3.8, 4) is 0 Å². The third kappa shape index (κ3) is 4.16. The van der Waals surface area contributed by atoms with Gasteiger partial charge in [-0.15, -0.1) is 0 Å². The lowest BCUT2D eigenvalue weighted by Crippen LogP contribution is -2.33. The highest BCUT2D eigenvalue weighted by atomic mass is 16.5. The summed E-state index contributed by atoms with van der Waals surface area (Å²) in [6, 6.07) is 16.6. The van der Waals surface area contributed by atoms with E-state index in [2.05, 4.69) is 59.5 Å². The molecule has 2 unspecified atom stereocenters. The van der Waals surface area contributed by atoms with Crippen molar-refractivity contribution in [1.29, 1.82) is 0 Å². The van der Waals surface area contributed by atoms with Crippen molar-refractivity contribution in [2.24, 2.45) is 0 Å². The van der Waals surface area contributed by atoms with Crippen LogP contribution in [0.3, 0.4) is 0 Å². The molecule has 1 aromatic heterocycles. The summed E-state index contributed by atoms with van der Waals surface area (Å²) in [5.41, 5.74) is 3.28. The second-order valence-corrected chi connectivity index (χ2v) is 7.40. The van der Waals surface area contributed by atoms with E-state index in [0.717, 1.165) is 48.3 Å². The van der Waals surface area contributed by atoms with Crippen LogP contribution in [0.5, 0.6) is 0 Å². The molecule has 1 aliphatic heterocycles.